The van der Waals surface area contributed by atoms with Crippen LogP contribution in [0.5, 0.6) is 0 Å². The van der Waals surface area contributed by atoms with Crippen LogP contribution in [0, 0.1) is 0 Å². The minimum Gasteiger partial charge on any atom is -0.461 e. The second-order valence-corrected chi connectivity index (χ2v) is 5.09. The lowest BCUT2D eigenvalue weighted by Crippen LogP contribution is -2.40. The molecular weight excluding hydrogens is 250 g/mol. The van der Waals surface area contributed by atoms with Gasteiger partial charge in [-0.25, -0.2) is 4.79 Å². The summed E-state index contributed by atoms with van der Waals surface area (Å²) in [5.74, 6) is -0.257. The van der Waals surface area contributed by atoms with Gasteiger partial charge in [0, 0.05) is 12.1 Å². The maximum atomic E-state index is 11.6. The van der Waals surface area contributed by atoms with Crippen molar-refractivity contribution in [3.05, 3.63) is 35.9 Å². The van der Waals surface area contributed by atoms with E-state index < -0.39 is 0 Å². The Morgan fingerprint density at radius 1 is 1.22 bits per heavy atom. The monoisotopic (exact) mass is 271 g/mol. The summed E-state index contributed by atoms with van der Waals surface area (Å²) in [5.41, 5.74) is 0.699. The molecule has 0 bridgehead atoms. The van der Waals surface area contributed by atoms with Gasteiger partial charge in [-0.15, -0.1) is 12.4 Å². The van der Waals surface area contributed by atoms with Gasteiger partial charge in [0.05, 0.1) is 5.56 Å². The van der Waals surface area contributed by atoms with Crippen LogP contribution in [-0.2, 0) is 4.74 Å². The average Bonchev–Trinajstić information content (AvgIpc) is 2.28. The first-order chi connectivity index (χ1) is 7.91. The van der Waals surface area contributed by atoms with Crippen LogP contribution < -0.4 is 0 Å². The standard InChI is InChI=1S/C14H21NO2.ClH/c1-14(2,3)15(4)10-11-17-13(16)12-8-6-5-7-9-12;/h5-9H,10-11H2,1-4H3;1H. The number of carbonyl (C=O) groups excluding carboxylic acids is 1. The smallest absolute Gasteiger partial charge is 0.338 e. The first-order valence-electron chi connectivity index (χ1n) is 5.84. The number of hydrogen-bond acceptors (Lipinski definition) is 3. The van der Waals surface area contributed by atoms with E-state index in [1.807, 2.05) is 25.2 Å². The summed E-state index contributed by atoms with van der Waals surface area (Å²) in [6, 6.07) is 9.06. The number of hydrogen-bond donors (Lipinski definition) is 0. The quantitative estimate of drug-likeness (QED) is 0.789. The van der Waals surface area contributed by atoms with Gasteiger partial charge < -0.3 is 4.74 Å². The fourth-order valence-electron chi connectivity index (χ4n) is 1.27. The summed E-state index contributed by atoms with van der Waals surface area (Å²) >= 11 is 0. The summed E-state index contributed by atoms with van der Waals surface area (Å²) < 4.78 is 5.21. The Kier molecular flexibility index (Phi) is 6.96. The molecule has 0 heterocycles. The van der Waals surface area contributed by atoms with E-state index in [1.165, 1.54) is 0 Å². The van der Waals surface area contributed by atoms with E-state index in [9.17, 15) is 4.79 Å². The fourth-order valence-corrected chi connectivity index (χ4v) is 1.27. The van der Waals surface area contributed by atoms with Gasteiger partial charge in [0.1, 0.15) is 6.61 Å². The molecule has 0 unspecified atom stereocenters. The van der Waals surface area contributed by atoms with Crippen LogP contribution in [-0.4, -0.2) is 36.6 Å². The third-order valence-electron chi connectivity index (χ3n) is 2.81. The molecule has 0 aliphatic heterocycles. The lowest BCUT2D eigenvalue weighted by molar-refractivity contribution is 0.0423. The summed E-state index contributed by atoms with van der Waals surface area (Å²) in [5, 5.41) is 0. The normalized spacial score (nSPS) is 10.9. The predicted molar refractivity (Wildman–Crippen MR) is 76.4 cm³/mol. The molecule has 4 heteroatoms. The second kappa shape index (κ2) is 7.39. The third kappa shape index (κ3) is 5.52. The molecule has 1 rings (SSSR count). The number of esters is 1. The summed E-state index contributed by atoms with van der Waals surface area (Å²) in [6.45, 7) is 7.55. The Bertz CT molecular complexity index is 360. The number of nitrogens with zero attached hydrogens (tertiary/aromatic N) is 1. The van der Waals surface area contributed by atoms with E-state index in [4.69, 9.17) is 4.74 Å². The van der Waals surface area contributed by atoms with Crippen LogP contribution in [0.25, 0.3) is 0 Å². The molecule has 1 aromatic rings. The third-order valence-corrected chi connectivity index (χ3v) is 2.81. The second-order valence-electron chi connectivity index (χ2n) is 5.09. The van der Waals surface area contributed by atoms with Crippen LogP contribution in [0.4, 0.5) is 0 Å². The number of rotatable bonds is 4. The molecule has 3 nitrogen and oxygen atoms in total. The number of ether oxygens (including phenoxy) is 1. The van der Waals surface area contributed by atoms with E-state index in [0.29, 0.717) is 12.2 Å². The van der Waals surface area contributed by atoms with Crippen molar-refractivity contribution in [1.29, 1.82) is 0 Å². The number of carbonyl (C=O) groups is 1. The van der Waals surface area contributed by atoms with Gasteiger partial charge in [0.15, 0.2) is 0 Å². The van der Waals surface area contributed by atoms with Crippen molar-refractivity contribution >= 4 is 18.4 Å². The first kappa shape index (κ1) is 16.9. The first-order valence-corrected chi connectivity index (χ1v) is 5.84. The Hall–Kier alpha value is -1.06. The molecule has 0 saturated heterocycles. The Morgan fingerprint density at radius 2 is 1.78 bits per heavy atom. The van der Waals surface area contributed by atoms with Crippen molar-refractivity contribution in [1.82, 2.24) is 4.90 Å². The van der Waals surface area contributed by atoms with Gasteiger partial charge in [-0.2, -0.15) is 0 Å². The van der Waals surface area contributed by atoms with Crippen molar-refractivity contribution in [3.8, 4) is 0 Å². The summed E-state index contributed by atoms with van der Waals surface area (Å²) in [4.78, 5) is 13.8. The van der Waals surface area contributed by atoms with Crippen molar-refractivity contribution in [3.63, 3.8) is 0 Å². The van der Waals surface area contributed by atoms with E-state index in [0.717, 1.165) is 6.54 Å². The molecule has 0 radical (unpaired) electrons. The van der Waals surface area contributed by atoms with Crippen molar-refractivity contribution in [2.45, 2.75) is 26.3 Å². The Labute approximate surface area is 116 Å². The zero-order valence-corrected chi connectivity index (χ0v) is 12.3. The molecule has 0 aliphatic rings. The topological polar surface area (TPSA) is 29.5 Å². The van der Waals surface area contributed by atoms with Crippen LogP contribution in [0.3, 0.4) is 0 Å². The molecule has 102 valence electrons. The predicted octanol–water partition coefficient (Wildman–Crippen LogP) is 3.00. The molecule has 0 amide bonds. The highest BCUT2D eigenvalue weighted by Crippen LogP contribution is 2.09. The van der Waals surface area contributed by atoms with E-state index >= 15 is 0 Å². The van der Waals surface area contributed by atoms with E-state index in [1.54, 1.807) is 12.1 Å². The van der Waals surface area contributed by atoms with Gasteiger partial charge in [0.25, 0.3) is 0 Å². The molecular formula is C14H22ClNO2. The van der Waals surface area contributed by atoms with Crippen molar-refractivity contribution in [2.24, 2.45) is 0 Å². The summed E-state index contributed by atoms with van der Waals surface area (Å²) in [6.07, 6.45) is 0. The average molecular weight is 272 g/mol. The van der Waals surface area contributed by atoms with Crippen molar-refractivity contribution < 1.29 is 9.53 Å². The highest BCUT2D eigenvalue weighted by Gasteiger charge is 2.16. The molecule has 0 spiro atoms. The van der Waals surface area contributed by atoms with Crippen LogP contribution in [0.15, 0.2) is 30.3 Å². The van der Waals surface area contributed by atoms with E-state index in [2.05, 4.69) is 25.7 Å². The highest BCUT2D eigenvalue weighted by molar-refractivity contribution is 5.89. The molecule has 18 heavy (non-hydrogen) atoms. The molecule has 0 N–H and O–H groups in total. The van der Waals surface area contributed by atoms with Gasteiger partial charge >= 0.3 is 5.97 Å². The van der Waals surface area contributed by atoms with Gasteiger partial charge in [-0.05, 0) is 40.0 Å². The number of halogens is 1. The number of likely N-dealkylation sites (N-methyl/N-ethyl adjacent to an activating group) is 1. The van der Waals surface area contributed by atoms with Gasteiger partial charge in [-0.1, -0.05) is 18.2 Å². The summed E-state index contributed by atoms with van der Waals surface area (Å²) in [7, 11) is 2.02. The van der Waals surface area contributed by atoms with Gasteiger partial charge in [0.2, 0.25) is 0 Å². The molecule has 1 aromatic carbocycles. The largest absolute Gasteiger partial charge is 0.461 e. The lowest BCUT2D eigenvalue weighted by Gasteiger charge is -2.31. The zero-order valence-electron chi connectivity index (χ0n) is 11.5. The Morgan fingerprint density at radius 3 is 2.28 bits per heavy atom. The zero-order chi connectivity index (χ0) is 12.9. The number of benzene rings is 1. The van der Waals surface area contributed by atoms with Gasteiger partial charge in [-0.3, -0.25) is 4.90 Å². The maximum Gasteiger partial charge on any atom is 0.338 e. The molecule has 0 saturated carbocycles. The van der Waals surface area contributed by atoms with E-state index in [-0.39, 0.29) is 23.9 Å². The minimum absolute atomic E-state index is 0. The lowest BCUT2D eigenvalue weighted by atomic mass is 10.1. The maximum absolute atomic E-state index is 11.6. The van der Waals surface area contributed by atoms with Crippen molar-refractivity contribution in [2.75, 3.05) is 20.2 Å². The molecule has 0 aliphatic carbocycles. The molecule has 0 fully saturated rings. The minimum atomic E-state index is -0.257. The van der Waals surface area contributed by atoms with Crippen LogP contribution in [0.1, 0.15) is 31.1 Å². The Balaban J connectivity index is 0.00000289. The molecule has 0 aromatic heterocycles. The fraction of sp³-hybridized carbons (Fsp3) is 0.500. The van der Waals surface area contributed by atoms with Crippen LogP contribution in [0.2, 0.25) is 0 Å². The van der Waals surface area contributed by atoms with Crippen LogP contribution >= 0.6 is 12.4 Å². The highest BCUT2D eigenvalue weighted by atomic mass is 35.5. The SMILES string of the molecule is CN(CCOC(=O)c1ccccc1)C(C)(C)C.Cl. The molecule has 0 atom stereocenters.